The minimum absolute atomic E-state index is 0.426. The lowest BCUT2D eigenvalue weighted by molar-refractivity contribution is -0.138. The number of aromatic nitrogens is 1. The van der Waals surface area contributed by atoms with Crippen LogP contribution in [-0.4, -0.2) is 28.6 Å². The summed E-state index contributed by atoms with van der Waals surface area (Å²) in [6.07, 6.45) is 3.62. The van der Waals surface area contributed by atoms with E-state index in [9.17, 15) is 9.90 Å². The highest BCUT2D eigenvalue weighted by Gasteiger charge is 2.30. The maximum atomic E-state index is 11.4. The van der Waals surface area contributed by atoms with Crippen LogP contribution >= 0.6 is 0 Å². The number of oxazole rings is 1. The number of para-hydroxylation sites is 2. The highest BCUT2D eigenvalue weighted by molar-refractivity contribution is 5.79. The summed E-state index contributed by atoms with van der Waals surface area (Å²) in [6, 6.07) is 7.39. The minimum atomic E-state index is -0.802. The molecule has 19 heavy (non-hydrogen) atoms. The Morgan fingerprint density at radius 3 is 2.95 bits per heavy atom. The van der Waals surface area contributed by atoms with Gasteiger partial charge in [0.15, 0.2) is 5.58 Å². The molecule has 0 bridgehead atoms. The molecule has 1 N–H and O–H groups in total. The number of carboxylic acids is 1. The molecular formula is C14H16N2O3. The Bertz CT molecular complexity index is 560. The zero-order chi connectivity index (χ0) is 13.2. The zero-order valence-corrected chi connectivity index (χ0v) is 10.6. The van der Waals surface area contributed by atoms with E-state index in [1.165, 1.54) is 0 Å². The molecule has 100 valence electrons. The van der Waals surface area contributed by atoms with Gasteiger partial charge in [0.1, 0.15) is 11.6 Å². The monoisotopic (exact) mass is 260 g/mol. The average molecular weight is 260 g/mol. The van der Waals surface area contributed by atoms with Crippen LogP contribution in [0.15, 0.2) is 28.7 Å². The smallest absolute Gasteiger partial charge is 0.326 e. The van der Waals surface area contributed by atoms with Crippen LogP contribution in [0.1, 0.15) is 25.7 Å². The van der Waals surface area contributed by atoms with Gasteiger partial charge in [0, 0.05) is 6.54 Å². The van der Waals surface area contributed by atoms with E-state index in [0.29, 0.717) is 24.6 Å². The summed E-state index contributed by atoms with van der Waals surface area (Å²) < 4.78 is 5.69. The Hall–Kier alpha value is -2.04. The van der Waals surface area contributed by atoms with Crippen molar-refractivity contribution in [2.24, 2.45) is 0 Å². The standard InChI is InChI=1S/C14H16N2O3/c17-13(18)11-7-2-1-5-9-16(11)14-15-10-6-3-4-8-12(10)19-14/h3-4,6,8,11H,1-2,5,7,9H2,(H,17,18). The lowest BCUT2D eigenvalue weighted by Gasteiger charge is -2.24. The first-order chi connectivity index (χ1) is 9.25. The lowest BCUT2D eigenvalue weighted by Crippen LogP contribution is -2.41. The normalized spacial score (nSPS) is 20.4. The summed E-state index contributed by atoms with van der Waals surface area (Å²) in [5.41, 5.74) is 1.47. The van der Waals surface area contributed by atoms with Crippen molar-refractivity contribution in [3.05, 3.63) is 24.3 Å². The second-order valence-corrected chi connectivity index (χ2v) is 4.86. The van der Waals surface area contributed by atoms with Crippen LogP contribution in [-0.2, 0) is 4.79 Å². The van der Waals surface area contributed by atoms with Gasteiger partial charge in [-0.1, -0.05) is 25.0 Å². The fourth-order valence-electron chi connectivity index (χ4n) is 2.58. The Morgan fingerprint density at radius 2 is 2.16 bits per heavy atom. The summed E-state index contributed by atoms with van der Waals surface area (Å²) in [7, 11) is 0. The molecule has 5 nitrogen and oxygen atoms in total. The molecule has 0 aliphatic carbocycles. The Labute approximate surface area is 110 Å². The first kappa shape index (κ1) is 12.0. The third-order valence-electron chi connectivity index (χ3n) is 3.57. The van der Waals surface area contributed by atoms with Gasteiger partial charge in [0.25, 0.3) is 6.01 Å². The number of hydrogen-bond acceptors (Lipinski definition) is 4. The predicted octanol–water partition coefficient (Wildman–Crippen LogP) is 2.66. The van der Waals surface area contributed by atoms with Gasteiger partial charge in [-0.2, -0.15) is 4.98 Å². The summed E-state index contributed by atoms with van der Waals surface area (Å²) in [5, 5.41) is 9.36. The largest absolute Gasteiger partial charge is 0.480 e. The van der Waals surface area contributed by atoms with E-state index >= 15 is 0 Å². The van der Waals surface area contributed by atoms with Gasteiger partial charge in [-0.05, 0) is 25.0 Å². The van der Waals surface area contributed by atoms with Crippen LogP contribution in [0.2, 0.25) is 0 Å². The molecular weight excluding hydrogens is 244 g/mol. The quantitative estimate of drug-likeness (QED) is 0.899. The molecule has 1 unspecified atom stereocenters. The van der Waals surface area contributed by atoms with Gasteiger partial charge in [-0.15, -0.1) is 0 Å². The van der Waals surface area contributed by atoms with E-state index in [-0.39, 0.29) is 0 Å². The van der Waals surface area contributed by atoms with Crippen LogP contribution in [0.3, 0.4) is 0 Å². The molecule has 3 rings (SSSR count). The van der Waals surface area contributed by atoms with Crippen molar-refractivity contribution >= 4 is 23.1 Å². The van der Waals surface area contributed by atoms with Gasteiger partial charge < -0.3 is 14.4 Å². The highest BCUT2D eigenvalue weighted by Crippen LogP contribution is 2.27. The van der Waals surface area contributed by atoms with E-state index in [2.05, 4.69) is 4.98 Å². The first-order valence-electron chi connectivity index (χ1n) is 6.61. The number of rotatable bonds is 2. The number of carbonyl (C=O) groups is 1. The van der Waals surface area contributed by atoms with Crippen LogP contribution in [0, 0.1) is 0 Å². The molecule has 1 saturated heterocycles. The number of carboxylic acid groups (broad SMARTS) is 1. The summed E-state index contributed by atoms with van der Waals surface area (Å²) in [4.78, 5) is 17.6. The zero-order valence-electron chi connectivity index (χ0n) is 10.6. The maximum absolute atomic E-state index is 11.4. The Kier molecular flexibility index (Phi) is 3.11. The fourth-order valence-corrected chi connectivity index (χ4v) is 2.58. The van der Waals surface area contributed by atoms with Gasteiger partial charge in [-0.3, -0.25) is 0 Å². The Balaban J connectivity index is 1.98. The van der Waals surface area contributed by atoms with Crippen LogP contribution < -0.4 is 4.90 Å². The second-order valence-electron chi connectivity index (χ2n) is 4.86. The van der Waals surface area contributed by atoms with Crippen molar-refractivity contribution in [2.45, 2.75) is 31.7 Å². The summed E-state index contributed by atoms with van der Waals surface area (Å²) in [6.45, 7) is 0.684. The lowest BCUT2D eigenvalue weighted by atomic mass is 10.1. The number of benzene rings is 1. The average Bonchev–Trinajstić information content (AvgIpc) is 2.66. The van der Waals surface area contributed by atoms with E-state index in [1.54, 1.807) is 4.90 Å². The van der Waals surface area contributed by atoms with Crippen molar-refractivity contribution in [2.75, 3.05) is 11.4 Å². The van der Waals surface area contributed by atoms with Crippen molar-refractivity contribution in [1.29, 1.82) is 0 Å². The van der Waals surface area contributed by atoms with E-state index in [0.717, 1.165) is 24.8 Å². The number of nitrogens with zero attached hydrogens (tertiary/aromatic N) is 2. The van der Waals surface area contributed by atoms with Gasteiger partial charge in [0.05, 0.1) is 0 Å². The molecule has 0 amide bonds. The SMILES string of the molecule is O=C(O)C1CCCCCN1c1nc2ccccc2o1. The maximum Gasteiger partial charge on any atom is 0.326 e. The molecule has 0 saturated carbocycles. The third-order valence-corrected chi connectivity index (χ3v) is 3.57. The molecule has 1 fully saturated rings. The minimum Gasteiger partial charge on any atom is -0.480 e. The van der Waals surface area contributed by atoms with Crippen LogP contribution in [0.5, 0.6) is 0 Å². The van der Waals surface area contributed by atoms with Gasteiger partial charge in [-0.25, -0.2) is 4.79 Å². The number of anilines is 1. The molecule has 0 radical (unpaired) electrons. The second kappa shape index (κ2) is 4.91. The Morgan fingerprint density at radius 1 is 1.32 bits per heavy atom. The van der Waals surface area contributed by atoms with Crippen molar-refractivity contribution in [3.63, 3.8) is 0 Å². The summed E-state index contributed by atoms with van der Waals surface area (Å²) >= 11 is 0. The summed E-state index contributed by atoms with van der Waals surface area (Å²) in [5.74, 6) is -0.802. The predicted molar refractivity (Wildman–Crippen MR) is 71.2 cm³/mol. The number of hydrogen-bond donors (Lipinski definition) is 1. The van der Waals surface area contributed by atoms with Crippen molar-refractivity contribution < 1.29 is 14.3 Å². The molecule has 0 spiro atoms. The van der Waals surface area contributed by atoms with Crippen LogP contribution in [0.25, 0.3) is 11.1 Å². The molecule has 2 aromatic rings. The molecule has 2 heterocycles. The fraction of sp³-hybridized carbons (Fsp3) is 0.429. The van der Waals surface area contributed by atoms with Crippen molar-refractivity contribution in [1.82, 2.24) is 4.98 Å². The molecule has 1 aromatic heterocycles. The molecule has 1 aliphatic rings. The number of aliphatic carboxylic acids is 1. The first-order valence-corrected chi connectivity index (χ1v) is 6.61. The van der Waals surface area contributed by atoms with Crippen molar-refractivity contribution in [3.8, 4) is 0 Å². The van der Waals surface area contributed by atoms with Crippen LogP contribution in [0.4, 0.5) is 6.01 Å². The van der Waals surface area contributed by atoms with E-state index in [1.807, 2.05) is 24.3 Å². The van der Waals surface area contributed by atoms with E-state index in [4.69, 9.17) is 4.42 Å². The molecule has 1 aliphatic heterocycles. The topological polar surface area (TPSA) is 66.6 Å². The third kappa shape index (κ3) is 2.28. The molecule has 5 heteroatoms. The van der Waals surface area contributed by atoms with E-state index < -0.39 is 12.0 Å². The molecule has 1 atom stereocenters. The molecule has 1 aromatic carbocycles. The van der Waals surface area contributed by atoms with Gasteiger partial charge in [0.2, 0.25) is 0 Å². The number of fused-ring (bicyclic) bond motifs is 1. The highest BCUT2D eigenvalue weighted by atomic mass is 16.4. The van der Waals surface area contributed by atoms with Gasteiger partial charge >= 0.3 is 5.97 Å².